The summed E-state index contributed by atoms with van der Waals surface area (Å²) in [6, 6.07) is 0. The normalized spacial score (nSPS) is 19.8. The first-order chi connectivity index (χ1) is 13.0. The van der Waals surface area contributed by atoms with Gasteiger partial charge in [-0.15, -0.1) is 0 Å². The third kappa shape index (κ3) is 8.28. The quantitative estimate of drug-likeness (QED) is 0.395. The van der Waals surface area contributed by atoms with E-state index in [9.17, 15) is 9.59 Å². The molecule has 0 unspecified atom stereocenters. The van der Waals surface area contributed by atoms with E-state index < -0.39 is 0 Å². The van der Waals surface area contributed by atoms with Crippen LogP contribution in [-0.4, -0.2) is 24.6 Å². The minimum absolute atomic E-state index is 0.0412. The topological polar surface area (TPSA) is 52.6 Å². The molecule has 4 heteroatoms. The van der Waals surface area contributed by atoms with Gasteiger partial charge in [-0.3, -0.25) is 9.59 Å². The van der Waals surface area contributed by atoms with Crippen LogP contribution in [0, 0.1) is 11.3 Å². The van der Waals surface area contributed by atoms with Gasteiger partial charge in [0.25, 0.3) is 0 Å². The van der Waals surface area contributed by atoms with Crippen LogP contribution < -0.4 is 0 Å². The molecule has 0 amide bonds. The molecule has 1 aliphatic rings. The van der Waals surface area contributed by atoms with Crippen molar-refractivity contribution in [2.24, 2.45) is 11.3 Å². The van der Waals surface area contributed by atoms with Gasteiger partial charge in [-0.05, 0) is 56.3 Å². The fourth-order valence-electron chi connectivity index (χ4n) is 3.49. The number of hydrogen-bond donors (Lipinski definition) is 0. The number of hydrogen-bond acceptors (Lipinski definition) is 4. The average Bonchev–Trinajstić information content (AvgIpc) is 2.56. The second kappa shape index (κ2) is 11.0. The molecule has 0 saturated heterocycles. The van der Waals surface area contributed by atoms with Crippen molar-refractivity contribution in [1.82, 2.24) is 0 Å². The van der Waals surface area contributed by atoms with E-state index in [0.29, 0.717) is 0 Å². The second-order valence-electron chi connectivity index (χ2n) is 8.33. The fraction of sp³-hybridized carbons (Fsp3) is 0.583. The second-order valence-corrected chi connectivity index (χ2v) is 8.33. The van der Waals surface area contributed by atoms with E-state index in [1.807, 2.05) is 25.2 Å². The Labute approximate surface area is 170 Å². The number of rotatable bonds is 8. The highest BCUT2D eigenvalue weighted by Gasteiger charge is 2.27. The van der Waals surface area contributed by atoms with Crippen LogP contribution in [0.2, 0.25) is 0 Å². The Kier molecular flexibility index (Phi) is 9.44. The molecular formula is C24H36O4. The predicted molar refractivity (Wildman–Crippen MR) is 114 cm³/mol. The molecule has 0 aliphatic heterocycles. The summed E-state index contributed by atoms with van der Waals surface area (Å²) in [6.45, 7) is 13.8. The highest BCUT2D eigenvalue weighted by molar-refractivity contribution is 5.66. The lowest BCUT2D eigenvalue weighted by atomic mass is 9.72. The first kappa shape index (κ1) is 23.9. The van der Waals surface area contributed by atoms with Crippen molar-refractivity contribution >= 4 is 11.9 Å². The Morgan fingerprint density at radius 2 is 1.82 bits per heavy atom. The zero-order valence-corrected chi connectivity index (χ0v) is 18.5. The van der Waals surface area contributed by atoms with Crippen LogP contribution in [0.1, 0.15) is 67.7 Å². The highest BCUT2D eigenvalue weighted by Crippen LogP contribution is 2.40. The Hall–Kier alpha value is -2.10. The maximum absolute atomic E-state index is 11.5. The maximum Gasteiger partial charge on any atom is 0.303 e. The van der Waals surface area contributed by atoms with Crippen molar-refractivity contribution < 1.29 is 19.1 Å². The third-order valence-electron chi connectivity index (χ3n) is 5.17. The van der Waals surface area contributed by atoms with Crippen molar-refractivity contribution in [2.45, 2.75) is 73.8 Å². The number of carbonyl (C=O) groups is 2. The highest BCUT2D eigenvalue weighted by atomic mass is 16.5. The third-order valence-corrected chi connectivity index (χ3v) is 5.17. The minimum atomic E-state index is -0.349. The van der Waals surface area contributed by atoms with Gasteiger partial charge in [0.15, 0.2) is 0 Å². The molecule has 0 aromatic heterocycles. The standard InChI is InChI=1S/C24H36O4/c1-17(14-16-27-20(4)25)10-13-23(28-21(5)26)19(3)11-12-22-18(2)9-8-15-24(22,6)7/h10-14,19,23H,8-9,15-16H2,1-7H3/b12-11+,13-10+,17-14-/t19-,23-/m1/s1. The summed E-state index contributed by atoms with van der Waals surface area (Å²) in [5.74, 6) is -0.566. The summed E-state index contributed by atoms with van der Waals surface area (Å²) in [4.78, 5) is 22.4. The van der Waals surface area contributed by atoms with Crippen LogP contribution in [-0.2, 0) is 19.1 Å². The monoisotopic (exact) mass is 388 g/mol. The molecule has 28 heavy (non-hydrogen) atoms. The largest absolute Gasteiger partial charge is 0.462 e. The van der Waals surface area contributed by atoms with E-state index in [0.717, 1.165) is 12.0 Å². The van der Waals surface area contributed by atoms with Gasteiger partial charge in [-0.25, -0.2) is 0 Å². The van der Waals surface area contributed by atoms with Crippen molar-refractivity contribution in [3.63, 3.8) is 0 Å². The van der Waals surface area contributed by atoms with E-state index in [-0.39, 0.29) is 36.0 Å². The Bertz CT molecular complexity index is 677. The van der Waals surface area contributed by atoms with Gasteiger partial charge >= 0.3 is 11.9 Å². The van der Waals surface area contributed by atoms with Gasteiger partial charge in [0, 0.05) is 19.8 Å². The molecule has 0 saturated carbocycles. The molecule has 0 radical (unpaired) electrons. The van der Waals surface area contributed by atoms with Gasteiger partial charge in [0.05, 0.1) is 0 Å². The SMILES string of the molecule is CC(=O)OC/C=C(C)\C=C\[C@@H](OC(C)=O)[C@H](C)/C=C/C1=C(C)CCCC1(C)C. The molecule has 0 spiro atoms. The molecule has 1 aliphatic carbocycles. The lowest BCUT2D eigenvalue weighted by Crippen LogP contribution is -2.22. The first-order valence-corrected chi connectivity index (χ1v) is 10.1. The Balaban J connectivity index is 2.90. The summed E-state index contributed by atoms with van der Waals surface area (Å²) < 4.78 is 10.4. The number of ether oxygens (including phenoxy) is 2. The van der Waals surface area contributed by atoms with Crippen LogP contribution in [0.3, 0.4) is 0 Å². The van der Waals surface area contributed by atoms with Crippen molar-refractivity contribution in [2.75, 3.05) is 6.61 Å². The Morgan fingerprint density at radius 1 is 1.14 bits per heavy atom. The summed E-state index contributed by atoms with van der Waals surface area (Å²) in [5.41, 5.74) is 3.97. The summed E-state index contributed by atoms with van der Waals surface area (Å²) >= 11 is 0. The number of esters is 2. The Morgan fingerprint density at radius 3 is 2.39 bits per heavy atom. The zero-order valence-electron chi connectivity index (χ0n) is 18.5. The average molecular weight is 389 g/mol. The molecule has 0 aromatic rings. The summed E-state index contributed by atoms with van der Waals surface area (Å²) in [6.07, 6.45) is 13.2. The smallest absolute Gasteiger partial charge is 0.303 e. The van der Waals surface area contributed by atoms with Gasteiger partial charge in [-0.2, -0.15) is 0 Å². The van der Waals surface area contributed by atoms with Crippen LogP contribution >= 0.6 is 0 Å². The molecule has 0 heterocycles. The van der Waals surface area contributed by atoms with E-state index in [2.05, 4.69) is 39.8 Å². The van der Waals surface area contributed by atoms with Gasteiger partial charge in [0.1, 0.15) is 12.7 Å². The van der Waals surface area contributed by atoms with Gasteiger partial charge < -0.3 is 9.47 Å². The van der Waals surface area contributed by atoms with Gasteiger partial charge in [0.2, 0.25) is 0 Å². The van der Waals surface area contributed by atoms with E-state index in [4.69, 9.17) is 9.47 Å². The van der Waals surface area contributed by atoms with Crippen molar-refractivity contribution in [1.29, 1.82) is 0 Å². The maximum atomic E-state index is 11.5. The molecule has 0 N–H and O–H groups in total. The van der Waals surface area contributed by atoms with E-state index >= 15 is 0 Å². The van der Waals surface area contributed by atoms with Crippen LogP contribution in [0.25, 0.3) is 0 Å². The van der Waals surface area contributed by atoms with Crippen LogP contribution in [0.4, 0.5) is 0 Å². The predicted octanol–water partition coefficient (Wildman–Crippen LogP) is 5.70. The fourth-order valence-corrected chi connectivity index (χ4v) is 3.49. The summed E-state index contributed by atoms with van der Waals surface area (Å²) in [7, 11) is 0. The first-order valence-electron chi connectivity index (χ1n) is 10.1. The zero-order chi connectivity index (χ0) is 21.3. The van der Waals surface area contributed by atoms with Gasteiger partial charge in [-0.1, -0.05) is 50.1 Å². The van der Waals surface area contributed by atoms with Crippen molar-refractivity contribution in [3.05, 3.63) is 47.1 Å². The molecule has 0 bridgehead atoms. The lowest BCUT2D eigenvalue weighted by molar-refractivity contribution is -0.145. The van der Waals surface area contributed by atoms with Crippen LogP contribution in [0.15, 0.2) is 47.1 Å². The van der Waals surface area contributed by atoms with E-state index in [1.54, 1.807) is 0 Å². The molecule has 156 valence electrons. The molecular weight excluding hydrogens is 352 g/mol. The minimum Gasteiger partial charge on any atom is -0.462 e. The van der Waals surface area contributed by atoms with E-state index in [1.165, 1.54) is 37.8 Å². The number of allylic oxidation sites excluding steroid dienone is 5. The molecule has 4 nitrogen and oxygen atoms in total. The number of carbonyl (C=O) groups excluding carboxylic acids is 2. The van der Waals surface area contributed by atoms with Crippen molar-refractivity contribution in [3.8, 4) is 0 Å². The lowest BCUT2D eigenvalue weighted by Gasteiger charge is -2.33. The molecule has 0 fully saturated rings. The van der Waals surface area contributed by atoms with Crippen LogP contribution in [0.5, 0.6) is 0 Å². The molecule has 2 atom stereocenters. The summed E-state index contributed by atoms with van der Waals surface area (Å²) in [5, 5.41) is 0. The molecule has 1 rings (SSSR count). The molecule has 0 aromatic carbocycles.